The van der Waals surface area contributed by atoms with Gasteiger partial charge in [-0.1, -0.05) is 47.5 Å². The van der Waals surface area contributed by atoms with Gasteiger partial charge < -0.3 is 5.32 Å². The van der Waals surface area contributed by atoms with Gasteiger partial charge in [0.25, 0.3) is 10.0 Å². The molecule has 2 N–H and O–H groups in total. The number of anilines is 2. The summed E-state index contributed by atoms with van der Waals surface area (Å²) in [6, 6.07) is 15.9. The smallest absolute Gasteiger partial charge is 0.261 e. The van der Waals surface area contributed by atoms with Gasteiger partial charge in [-0.25, -0.2) is 25.5 Å². The number of nitrogens with zero attached hydrogens (tertiary/aromatic N) is 1. The standard InChI is InChI=1S/C25H24Cl2FN3O5S2/c26-21-5-3-7-23(24(21)27)30-38(35,36)20-10-8-19(9-11-20)29-25(32)17-12-14-31(15-13-17)37(33,34)16-18-4-1-2-6-22(18)28/h1-11,17,30H,12-16H2,(H,29,32). The van der Waals surface area contributed by atoms with Gasteiger partial charge in [-0.2, -0.15) is 0 Å². The van der Waals surface area contributed by atoms with E-state index in [1.807, 2.05) is 0 Å². The molecule has 38 heavy (non-hydrogen) atoms. The van der Waals surface area contributed by atoms with Crippen molar-refractivity contribution in [2.45, 2.75) is 23.5 Å². The zero-order valence-electron chi connectivity index (χ0n) is 19.9. The topological polar surface area (TPSA) is 113 Å². The molecule has 0 atom stereocenters. The third kappa shape index (κ3) is 6.65. The molecule has 0 saturated carbocycles. The summed E-state index contributed by atoms with van der Waals surface area (Å²) in [6.45, 7) is 0.285. The summed E-state index contributed by atoms with van der Waals surface area (Å²) in [5.74, 6) is -1.74. The Hall–Kier alpha value is -2.70. The summed E-state index contributed by atoms with van der Waals surface area (Å²) in [5, 5.41) is 3.03. The van der Waals surface area contributed by atoms with Crippen LogP contribution in [0, 0.1) is 11.7 Å². The molecule has 1 aliphatic heterocycles. The van der Waals surface area contributed by atoms with E-state index in [9.17, 15) is 26.0 Å². The first-order chi connectivity index (χ1) is 18.0. The summed E-state index contributed by atoms with van der Waals surface area (Å²) < 4.78 is 68.5. The van der Waals surface area contributed by atoms with Crippen molar-refractivity contribution in [1.29, 1.82) is 0 Å². The second kappa shape index (κ2) is 11.6. The number of sulfonamides is 2. The first kappa shape index (κ1) is 28.3. The van der Waals surface area contributed by atoms with Gasteiger partial charge in [0.05, 0.1) is 26.4 Å². The average Bonchev–Trinajstić information content (AvgIpc) is 2.88. The molecule has 1 amide bonds. The van der Waals surface area contributed by atoms with Gasteiger partial charge in [-0.05, 0) is 55.3 Å². The largest absolute Gasteiger partial charge is 0.326 e. The maximum absolute atomic E-state index is 13.9. The Morgan fingerprint density at radius 3 is 2.24 bits per heavy atom. The lowest BCUT2D eigenvalue weighted by Gasteiger charge is -2.30. The van der Waals surface area contributed by atoms with Crippen molar-refractivity contribution in [2.75, 3.05) is 23.1 Å². The molecule has 0 spiro atoms. The zero-order valence-corrected chi connectivity index (χ0v) is 23.0. The Morgan fingerprint density at radius 1 is 0.921 bits per heavy atom. The molecular weight excluding hydrogens is 576 g/mol. The van der Waals surface area contributed by atoms with Crippen LogP contribution in [-0.4, -0.2) is 40.1 Å². The summed E-state index contributed by atoms with van der Waals surface area (Å²) in [7, 11) is -7.69. The summed E-state index contributed by atoms with van der Waals surface area (Å²) in [6.07, 6.45) is 0.609. The highest BCUT2D eigenvalue weighted by molar-refractivity contribution is 7.92. The predicted octanol–water partition coefficient (Wildman–Crippen LogP) is 5.11. The Balaban J connectivity index is 1.33. The zero-order chi connectivity index (χ0) is 27.5. The number of nitrogens with one attached hydrogen (secondary N) is 2. The fourth-order valence-electron chi connectivity index (χ4n) is 4.05. The summed E-state index contributed by atoms with van der Waals surface area (Å²) in [4.78, 5) is 12.7. The second-order valence-corrected chi connectivity index (χ2v) is 13.2. The van der Waals surface area contributed by atoms with Crippen LogP contribution in [0.5, 0.6) is 0 Å². The molecule has 0 unspecified atom stereocenters. The number of halogens is 3. The van der Waals surface area contributed by atoms with E-state index in [4.69, 9.17) is 23.2 Å². The Bertz CT molecular complexity index is 1540. The van der Waals surface area contributed by atoms with Crippen molar-refractivity contribution in [2.24, 2.45) is 5.92 Å². The average molecular weight is 601 g/mol. The lowest BCUT2D eigenvalue weighted by Crippen LogP contribution is -2.42. The molecule has 0 radical (unpaired) electrons. The van der Waals surface area contributed by atoms with Gasteiger partial charge in [0, 0.05) is 30.3 Å². The van der Waals surface area contributed by atoms with Crippen molar-refractivity contribution in [1.82, 2.24) is 4.31 Å². The van der Waals surface area contributed by atoms with Crippen LogP contribution in [-0.2, 0) is 30.6 Å². The summed E-state index contributed by atoms with van der Waals surface area (Å²) in [5.41, 5.74) is 0.631. The number of carbonyl (C=O) groups is 1. The van der Waals surface area contributed by atoms with E-state index in [0.717, 1.165) is 0 Å². The van der Waals surface area contributed by atoms with E-state index in [0.29, 0.717) is 18.5 Å². The van der Waals surface area contributed by atoms with Crippen LogP contribution >= 0.6 is 23.2 Å². The molecule has 1 heterocycles. The van der Waals surface area contributed by atoms with E-state index in [-0.39, 0.29) is 45.2 Å². The van der Waals surface area contributed by atoms with Crippen molar-refractivity contribution < 1.29 is 26.0 Å². The molecule has 1 aliphatic rings. The Kier molecular flexibility index (Phi) is 8.63. The quantitative estimate of drug-likeness (QED) is 0.373. The minimum absolute atomic E-state index is 0.0418. The van der Waals surface area contributed by atoms with E-state index >= 15 is 0 Å². The van der Waals surface area contributed by atoms with Gasteiger partial charge in [0.15, 0.2) is 0 Å². The molecule has 0 aliphatic carbocycles. The van der Waals surface area contributed by atoms with Crippen LogP contribution in [0.2, 0.25) is 10.0 Å². The van der Waals surface area contributed by atoms with Crippen LogP contribution in [0.3, 0.4) is 0 Å². The monoisotopic (exact) mass is 599 g/mol. The Labute approximate surface area is 230 Å². The van der Waals surface area contributed by atoms with Crippen molar-refractivity contribution in [3.05, 3.63) is 88.2 Å². The van der Waals surface area contributed by atoms with Gasteiger partial charge in [0.1, 0.15) is 5.82 Å². The molecule has 1 saturated heterocycles. The SMILES string of the molecule is O=C(Nc1ccc(S(=O)(=O)Nc2cccc(Cl)c2Cl)cc1)C1CCN(S(=O)(=O)Cc2ccccc2F)CC1. The van der Waals surface area contributed by atoms with Gasteiger partial charge in [-0.3, -0.25) is 9.52 Å². The molecule has 4 rings (SSSR count). The predicted molar refractivity (Wildman–Crippen MR) is 146 cm³/mol. The minimum atomic E-state index is -3.96. The number of piperidine rings is 1. The Morgan fingerprint density at radius 2 is 1.58 bits per heavy atom. The van der Waals surface area contributed by atoms with Gasteiger partial charge in [0.2, 0.25) is 15.9 Å². The molecule has 3 aromatic rings. The lowest BCUT2D eigenvalue weighted by atomic mass is 9.97. The normalized spacial score (nSPS) is 15.2. The van der Waals surface area contributed by atoms with Crippen molar-refractivity contribution in [3.8, 4) is 0 Å². The highest BCUT2D eigenvalue weighted by Gasteiger charge is 2.31. The molecule has 202 valence electrons. The second-order valence-electron chi connectivity index (χ2n) is 8.74. The highest BCUT2D eigenvalue weighted by Crippen LogP contribution is 2.31. The maximum atomic E-state index is 13.9. The van der Waals surface area contributed by atoms with Gasteiger partial charge in [-0.15, -0.1) is 0 Å². The number of hydrogen-bond donors (Lipinski definition) is 2. The molecule has 0 bridgehead atoms. The van der Waals surface area contributed by atoms with Crippen LogP contribution in [0.4, 0.5) is 15.8 Å². The van der Waals surface area contributed by atoms with Crippen LogP contribution in [0.15, 0.2) is 71.6 Å². The highest BCUT2D eigenvalue weighted by atomic mass is 35.5. The minimum Gasteiger partial charge on any atom is -0.326 e. The number of benzene rings is 3. The third-order valence-corrected chi connectivity index (χ3v) is 10.2. The number of hydrogen-bond acceptors (Lipinski definition) is 5. The molecule has 8 nitrogen and oxygen atoms in total. The van der Waals surface area contributed by atoms with Crippen molar-refractivity contribution in [3.63, 3.8) is 0 Å². The first-order valence-electron chi connectivity index (χ1n) is 11.6. The number of amides is 1. The van der Waals surface area contributed by atoms with E-state index in [1.54, 1.807) is 12.1 Å². The van der Waals surface area contributed by atoms with Crippen LogP contribution in [0.1, 0.15) is 18.4 Å². The number of rotatable bonds is 8. The first-order valence-corrected chi connectivity index (χ1v) is 15.4. The van der Waals surface area contributed by atoms with E-state index < -0.39 is 37.5 Å². The lowest BCUT2D eigenvalue weighted by molar-refractivity contribution is -0.120. The molecule has 0 aromatic heterocycles. The van der Waals surface area contributed by atoms with E-state index in [1.165, 1.54) is 58.9 Å². The van der Waals surface area contributed by atoms with Crippen LogP contribution < -0.4 is 10.0 Å². The fourth-order valence-corrected chi connectivity index (χ4v) is 7.10. The van der Waals surface area contributed by atoms with E-state index in [2.05, 4.69) is 10.0 Å². The van der Waals surface area contributed by atoms with Crippen LogP contribution in [0.25, 0.3) is 0 Å². The third-order valence-electron chi connectivity index (χ3n) is 6.14. The molecule has 3 aromatic carbocycles. The number of carbonyl (C=O) groups excluding carboxylic acids is 1. The fraction of sp³-hybridized carbons (Fsp3) is 0.240. The molecule has 1 fully saturated rings. The van der Waals surface area contributed by atoms with Gasteiger partial charge >= 0.3 is 0 Å². The summed E-state index contributed by atoms with van der Waals surface area (Å²) >= 11 is 12.0. The van der Waals surface area contributed by atoms with Crippen molar-refractivity contribution >= 4 is 60.5 Å². The molecule has 13 heteroatoms. The maximum Gasteiger partial charge on any atom is 0.261 e. The molecular formula is C25H24Cl2FN3O5S2.